The molecule has 2 unspecified atom stereocenters. The van der Waals surface area contributed by atoms with Gasteiger partial charge in [-0.3, -0.25) is 0 Å². The first-order chi connectivity index (χ1) is 6.85. The van der Waals surface area contributed by atoms with E-state index in [2.05, 4.69) is 15.3 Å². The molecule has 2 atom stereocenters. The number of aliphatic hydroxyl groups is 1. The van der Waals surface area contributed by atoms with E-state index < -0.39 is 0 Å². The van der Waals surface area contributed by atoms with Crippen LogP contribution in [-0.2, 0) is 0 Å². The van der Waals surface area contributed by atoms with E-state index in [1.807, 2.05) is 6.07 Å². The van der Waals surface area contributed by atoms with Crippen molar-refractivity contribution in [3.05, 3.63) is 18.1 Å². The fraction of sp³-hybridized carbons (Fsp3) is 0.444. The van der Waals surface area contributed by atoms with E-state index in [1.165, 1.54) is 6.20 Å². The molecule has 0 bridgehead atoms. The Kier molecular flexibility index (Phi) is 2.29. The van der Waals surface area contributed by atoms with Gasteiger partial charge in [-0.1, -0.05) is 0 Å². The molecular weight excluding hydrogens is 180 g/mol. The van der Waals surface area contributed by atoms with Crippen LogP contribution in [0, 0.1) is 17.2 Å². The van der Waals surface area contributed by atoms with E-state index in [9.17, 15) is 0 Å². The standard InChI is InChI=1S/C9H10N4O/c10-4-8-9(12-2-1-11-8)13-7-3-6(7)5-14/h1-2,6-7,14H,3,5H2,(H,12,13). The lowest BCUT2D eigenvalue weighted by Gasteiger charge is -2.04. The molecule has 1 aromatic heterocycles. The average molecular weight is 190 g/mol. The highest BCUT2D eigenvalue weighted by Gasteiger charge is 2.36. The van der Waals surface area contributed by atoms with Gasteiger partial charge in [-0.2, -0.15) is 5.26 Å². The summed E-state index contributed by atoms with van der Waals surface area (Å²) in [5.74, 6) is 0.805. The number of aromatic nitrogens is 2. The van der Waals surface area contributed by atoms with Crippen molar-refractivity contribution in [2.24, 2.45) is 5.92 Å². The summed E-state index contributed by atoms with van der Waals surface area (Å²) < 4.78 is 0. The van der Waals surface area contributed by atoms with Gasteiger partial charge in [-0.25, -0.2) is 9.97 Å². The Morgan fingerprint density at radius 3 is 3.00 bits per heavy atom. The molecule has 1 heterocycles. The second-order valence-corrected chi connectivity index (χ2v) is 3.29. The number of rotatable bonds is 3. The van der Waals surface area contributed by atoms with Gasteiger partial charge >= 0.3 is 0 Å². The molecule has 1 aromatic rings. The van der Waals surface area contributed by atoms with Crippen LogP contribution in [0.15, 0.2) is 12.4 Å². The smallest absolute Gasteiger partial charge is 0.182 e. The summed E-state index contributed by atoms with van der Waals surface area (Å²) in [6.45, 7) is 0.180. The molecule has 5 nitrogen and oxygen atoms in total. The van der Waals surface area contributed by atoms with E-state index in [4.69, 9.17) is 10.4 Å². The van der Waals surface area contributed by atoms with Crippen LogP contribution in [0.5, 0.6) is 0 Å². The summed E-state index contributed by atoms with van der Waals surface area (Å²) in [6, 6.07) is 2.20. The molecule has 0 radical (unpaired) electrons. The zero-order valence-corrected chi connectivity index (χ0v) is 7.51. The van der Waals surface area contributed by atoms with E-state index in [0.717, 1.165) is 6.42 Å². The fourth-order valence-electron chi connectivity index (χ4n) is 1.33. The molecule has 0 aromatic carbocycles. The molecular formula is C9H10N4O. The maximum Gasteiger partial charge on any atom is 0.182 e. The molecule has 72 valence electrons. The van der Waals surface area contributed by atoms with Crippen molar-refractivity contribution in [3.63, 3.8) is 0 Å². The zero-order chi connectivity index (χ0) is 9.97. The number of anilines is 1. The third-order valence-electron chi connectivity index (χ3n) is 2.28. The average Bonchev–Trinajstić information content (AvgIpc) is 2.97. The molecule has 1 saturated carbocycles. The quantitative estimate of drug-likeness (QED) is 0.708. The maximum absolute atomic E-state index is 8.84. The van der Waals surface area contributed by atoms with Gasteiger partial charge in [0.1, 0.15) is 6.07 Å². The summed E-state index contributed by atoms with van der Waals surface area (Å²) in [5.41, 5.74) is 0.302. The minimum absolute atomic E-state index is 0.180. The number of nitrogens with zero attached hydrogens (tertiary/aromatic N) is 3. The maximum atomic E-state index is 8.84. The summed E-state index contributed by atoms with van der Waals surface area (Å²) in [6.07, 6.45) is 3.96. The van der Waals surface area contributed by atoms with Gasteiger partial charge in [0, 0.05) is 31.0 Å². The van der Waals surface area contributed by atoms with E-state index in [1.54, 1.807) is 6.20 Å². The van der Waals surface area contributed by atoms with Crippen molar-refractivity contribution in [3.8, 4) is 6.07 Å². The highest BCUT2D eigenvalue weighted by atomic mass is 16.3. The van der Waals surface area contributed by atoms with Crippen LogP contribution in [-0.4, -0.2) is 27.7 Å². The van der Waals surface area contributed by atoms with Gasteiger partial charge in [-0.05, 0) is 6.42 Å². The molecule has 1 aliphatic carbocycles. The van der Waals surface area contributed by atoms with Crippen molar-refractivity contribution in [1.82, 2.24) is 9.97 Å². The molecule has 2 N–H and O–H groups in total. The zero-order valence-electron chi connectivity index (χ0n) is 7.51. The van der Waals surface area contributed by atoms with E-state index in [-0.39, 0.29) is 12.6 Å². The van der Waals surface area contributed by atoms with Crippen LogP contribution in [0.25, 0.3) is 0 Å². The van der Waals surface area contributed by atoms with E-state index >= 15 is 0 Å². The van der Waals surface area contributed by atoms with Gasteiger partial charge in [0.25, 0.3) is 0 Å². The summed E-state index contributed by atoms with van der Waals surface area (Å²) >= 11 is 0. The molecule has 1 aliphatic rings. The molecule has 0 amide bonds. The Hall–Kier alpha value is -1.67. The Morgan fingerprint density at radius 2 is 2.36 bits per heavy atom. The molecule has 14 heavy (non-hydrogen) atoms. The van der Waals surface area contributed by atoms with Gasteiger partial charge in [0.2, 0.25) is 0 Å². The second kappa shape index (κ2) is 3.60. The first kappa shape index (κ1) is 8.91. The largest absolute Gasteiger partial charge is 0.396 e. The van der Waals surface area contributed by atoms with Gasteiger partial charge < -0.3 is 10.4 Å². The normalized spacial score (nSPS) is 24.0. The number of aliphatic hydroxyl groups excluding tert-OH is 1. The lowest BCUT2D eigenvalue weighted by molar-refractivity contribution is 0.275. The second-order valence-electron chi connectivity index (χ2n) is 3.29. The van der Waals surface area contributed by atoms with Crippen LogP contribution < -0.4 is 5.32 Å². The molecule has 0 spiro atoms. The van der Waals surface area contributed by atoms with E-state index in [0.29, 0.717) is 17.4 Å². The topological polar surface area (TPSA) is 81.8 Å². The number of hydrogen-bond donors (Lipinski definition) is 2. The Bertz CT molecular complexity index is 373. The lowest BCUT2D eigenvalue weighted by Crippen LogP contribution is -2.09. The van der Waals surface area contributed by atoms with Crippen molar-refractivity contribution >= 4 is 5.82 Å². The molecule has 2 rings (SSSR count). The first-order valence-electron chi connectivity index (χ1n) is 4.43. The fourth-order valence-corrected chi connectivity index (χ4v) is 1.33. The lowest BCUT2D eigenvalue weighted by atomic mass is 10.4. The van der Waals surface area contributed by atoms with Crippen LogP contribution in [0.1, 0.15) is 12.1 Å². The van der Waals surface area contributed by atoms with Crippen molar-refractivity contribution in [2.75, 3.05) is 11.9 Å². The molecule has 5 heteroatoms. The molecule has 1 fully saturated rings. The van der Waals surface area contributed by atoms with Gasteiger partial charge in [-0.15, -0.1) is 0 Å². The van der Waals surface area contributed by atoms with Gasteiger partial charge in [0.05, 0.1) is 0 Å². The Labute approximate surface area is 81.4 Å². The number of hydrogen-bond acceptors (Lipinski definition) is 5. The SMILES string of the molecule is N#Cc1nccnc1NC1CC1CO. The highest BCUT2D eigenvalue weighted by molar-refractivity contribution is 5.48. The Balaban J connectivity index is 2.07. The number of nitriles is 1. The minimum Gasteiger partial charge on any atom is -0.396 e. The van der Waals surface area contributed by atoms with Crippen LogP contribution in [0.3, 0.4) is 0 Å². The van der Waals surface area contributed by atoms with Crippen LogP contribution in [0.2, 0.25) is 0 Å². The van der Waals surface area contributed by atoms with Crippen LogP contribution >= 0.6 is 0 Å². The van der Waals surface area contributed by atoms with Crippen molar-refractivity contribution < 1.29 is 5.11 Å². The third-order valence-corrected chi connectivity index (χ3v) is 2.28. The first-order valence-corrected chi connectivity index (χ1v) is 4.43. The molecule has 0 saturated heterocycles. The van der Waals surface area contributed by atoms with Crippen LogP contribution in [0.4, 0.5) is 5.82 Å². The third kappa shape index (κ3) is 1.65. The molecule has 0 aliphatic heterocycles. The number of nitrogens with one attached hydrogen (secondary N) is 1. The minimum atomic E-state index is 0.180. The summed E-state index contributed by atoms with van der Waals surface area (Å²) in [5, 5.41) is 20.7. The summed E-state index contributed by atoms with van der Waals surface area (Å²) in [4.78, 5) is 7.90. The predicted molar refractivity (Wildman–Crippen MR) is 49.4 cm³/mol. The monoisotopic (exact) mass is 190 g/mol. The predicted octanol–water partition coefficient (Wildman–Crippen LogP) is 0.141. The van der Waals surface area contributed by atoms with Crippen molar-refractivity contribution in [2.45, 2.75) is 12.5 Å². The summed E-state index contributed by atoms with van der Waals surface area (Å²) in [7, 11) is 0. The highest BCUT2D eigenvalue weighted by Crippen LogP contribution is 2.32. The van der Waals surface area contributed by atoms with Gasteiger partial charge in [0.15, 0.2) is 11.5 Å². The van der Waals surface area contributed by atoms with Crippen molar-refractivity contribution in [1.29, 1.82) is 5.26 Å². The Morgan fingerprint density at radius 1 is 1.57 bits per heavy atom.